The van der Waals surface area contributed by atoms with E-state index in [0.29, 0.717) is 12.2 Å². The monoisotopic (exact) mass is 418 g/mol. The molecule has 1 saturated heterocycles. The van der Waals surface area contributed by atoms with E-state index in [1.54, 1.807) is 0 Å². The first kappa shape index (κ1) is 20.7. The number of hydrogen-bond donors (Lipinski definition) is 1. The lowest BCUT2D eigenvalue weighted by Crippen LogP contribution is -2.54. The molecule has 0 unspecified atom stereocenters. The van der Waals surface area contributed by atoms with E-state index in [1.807, 2.05) is 18.2 Å². The van der Waals surface area contributed by atoms with Crippen LogP contribution in [0.2, 0.25) is 0 Å². The molecule has 2 heterocycles. The molecule has 1 spiro atoms. The summed E-state index contributed by atoms with van der Waals surface area (Å²) in [5.41, 5.74) is 0.203. The van der Waals surface area contributed by atoms with Gasteiger partial charge in [0.25, 0.3) is 0 Å². The summed E-state index contributed by atoms with van der Waals surface area (Å²) < 4.78 is 38.3. The Morgan fingerprint density at radius 2 is 1.70 bits per heavy atom. The van der Waals surface area contributed by atoms with Crippen molar-refractivity contribution in [1.29, 1.82) is 0 Å². The van der Waals surface area contributed by atoms with Gasteiger partial charge in [-0.1, -0.05) is 30.3 Å². The number of rotatable bonds is 3. The second-order valence-corrected chi connectivity index (χ2v) is 8.49. The Labute approximate surface area is 173 Å². The van der Waals surface area contributed by atoms with Gasteiger partial charge in [-0.2, -0.15) is 13.2 Å². The molecule has 1 N–H and O–H groups in total. The Kier molecular flexibility index (Phi) is 5.00. The fraction of sp³-hybridized carbons (Fsp3) is 0.455. The molecule has 2 aromatic rings. The zero-order chi connectivity index (χ0) is 21.6. The van der Waals surface area contributed by atoms with E-state index in [0.717, 1.165) is 37.9 Å². The molecule has 1 aromatic heterocycles. The van der Waals surface area contributed by atoms with Crippen molar-refractivity contribution in [2.75, 3.05) is 25.5 Å². The van der Waals surface area contributed by atoms with Gasteiger partial charge < -0.3 is 5.32 Å². The smallest absolute Gasteiger partial charge is 0.330 e. The summed E-state index contributed by atoms with van der Waals surface area (Å²) in [7, 11) is 4.16. The average Bonchev–Trinajstić information content (AvgIpc) is 3.04. The fourth-order valence-corrected chi connectivity index (χ4v) is 4.80. The number of hydrogen-bond acceptors (Lipinski definition) is 3. The van der Waals surface area contributed by atoms with Crippen molar-refractivity contribution < 1.29 is 18.0 Å². The topological polar surface area (TPSA) is 48.5 Å². The van der Waals surface area contributed by atoms with Crippen LogP contribution in [0.25, 0.3) is 0 Å². The van der Waals surface area contributed by atoms with E-state index in [4.69, 9.17) is 0 Å². The van der Waals surface area contributed by atoms with Crippen molar-refractivity contribution >= 4 is 11.7 Å². The third-order valence-electron chi connectivity index (χ3n) is 6.63. The number of carbonyl (C=O) groups excluding carboxylic acids is 1. The van der Waals surface area contributed by atoms with Crippen molar-refractivity contribution in [1.82, 2.24) is 15.2 Å². The Morgan fingerprint density at radius 3 is 2.23 bits per heavy atom. The molecule has 0 bridgehead atoms. The van der Waals surface area contributed by atoms with Crippen LogP contribution in [0.5, 0.6) is 0 Å². The van der Waals surface area contributed by atoms with Gasteiger partial charge in [-0.3, -0.25) is 9.80 Å². The average molecular weight is 418 g/mol. The van der Waals surface area contributed by atoms with Crippen LogP contribution < -0.4 is 10.2 Å². The summed E-state index contributed by atoms with van der Waals surface area (Å²) in [6.07, 6.45) is -0.0405. The van der Waals surface area contributed by atoms with E-state index in [2.05, 4.69) is 41.4 Å². The number of nitrogens with one attached hydrogen (secondary N) is 1. The number of alkyl halides is 3. The third-order valence-corrected chi connectivity index (χ3v) is 6.63. The van der Waals surface area contributed by atoms with E-state index >= 15 is 0 Å². The van der Waals surface area contributed by atoms with E-state index in [1.165, 1.54) is 16.5 Å². The van der Waals surface area contributed by atoms with Crippen LogP contribution in [0.4, 0.5) is 23.7 Å². The summed E-state index contributed by atoms with van der Waals surface area (Å²) in [6, 6.07) is 12.3. The Bertz CT molecular complexity index is 904. The molecule has 1 aliphatic carbocycles. The first-order valence-corrected chi connectivity index (χ1v) is 10.0. The van der Waals surface area contributed by atoms with Gasteiger partial charge in [0.2, 0.25) is 0 Å². The number of carbonyl (C=O) groups is 1. The van der Waals surface area contributed by atoms with Crippen LogP contribution >= 0.6 is 0 Å². The summed E-state index contributed by atoms with van der Waals surface area (Å²) in [5, 5.41) is 3.11. The molecule has 0 atom stereocenters. The molecule has 5 nitrogen and oxygen atoms in total. The number of anilines is 1. The number of amides is 2. The number of benzene rings is 1. The first-order chi connectivity index (χ1) is 14.2. The Hall–Kier alpha value is -2.61. The minimum Gasteiger partial charge on any atom is -0.330 e. The Balaban J connectivity index is 1.52. The minimum absolute atomic E-state index is 0.0967. The normalized spacial score (nSPS) is 27.0. The molecule has 1 aromatic carbocycles. The van der Waals surface area contributed by atoms with Crippen LogP contribution in [-0.2, 0) is 11.7 Å². The number of pyridine rings is 1. The van der Waals surface area contributed by atoms with Gasteiger partial charge >= 0.3 is 12.2 Å². The highest BCUT2D eigenvalue weighted by molar-refractivity contribution is 5.95. The summed E-state index contributed by atoms with van der Waals surface area (Å²) in [6.45, 7) is 0.428. The second kappa shape index (κ2) is 7.27. The van der Waals surface area contributed by atoms with Crippen LogP contribution in [0.3, 0.4) is 0 Å². The lowest BCUT2D eigenvalue weighted by molar-refractivity contribution is -0.141. The maximum absolute atomic E-state index is 12.8. The molecule has 4 rings (SSSR count). The molecule has 2 fully saturated rings. The van der Waals surface area contributed by atoms with Gasteiger partial charge in [0.15, 0.2) is 0 Å². The van der Waals surface area contributed by atoms with Gasteiger partial charge in [-0.25, -0.2) is 9.78 Å². The van der Waals surface area contributed by atoms with Crippen LogP contribution in [-0.4, -0.2) is 42.1 Å². The van der Waals surface area contributed by atoms with E-state index < -0.39 is 11.9 Å². The molecule has 160 valence electrons. The van der Waals surface area contributed by atoms with Crippen LogP contribution in [0.15, 0.2) is 48.7 Å². The molecule has 2 aliphatic rings. The third kappa shape index (κ3) is 3.53. The van der Waals surface area contributed by atoms with Crippen molar-refractivity contribution in [3.05, 3.63) is 59.9 Å². The molecular weight excluding hydrogens is 393 g/mol. The quantitative estimate of drug-likeness (QED) is 0.804. The molecule has 0 radical (unpaired) electrons. The van der Waals surface area contributed by atoms with Gasteiger partial charge in [-0.15, -0.1) is 0 Å². The molecule has 30 heavy (non-hydrogen) atoms. The largest absolute Gasteiger partial charge is 0.433 e. The zero-order valence-electron chi connectivity index (χ0n) is 17.0. The fourth-order valence-electron chi connectivity index (χ4n) is 4.80. The van der Waals surface area contributed by atoms with Gasteiger partial charge in [0.1, 0.15) is 5.69 Å². The highest BCUT2D eigenvalue weighted by atomic mass is 19.4. The lowest BCUT2D eigenvalue weighted by atomic mass is 9.69. The Morgan fingerprint density at radius 1 is 1.03 bits per heavy atom. The van der Waals surface area contributed by atoms with Crippen LogP contribution in [0, 0.1) is 0 Å². The predicted molar refractivity (Wildman–Crippen MR) is 108 cm³/mol. The molecular formula is C22H25F3N4O. The number of urea groups is 1. The highest BCUT2D eigenvalue weighted by Crippen LogP contribution is 2.46. The van der Waals surface area contributed by atoms with Gasteiger partial charge in [0, 0.05) is 5.54 Å². The maximum Gasteiger partial charge on any atom is 0.433 e. The molecule has 1 saturated carbocycles. The number of aromatic nitrogens is 1. The standard InChI is InChI=1S/C22H25F3N4O/c1-28(2)21(16-6-4-3-5-7-16)12-10-20(11-13-21)15-29(19(30)27-20)17-8-9-18(26-14-17)22(23,24)25/h3-9,14H,10-13,15H2,1-2H3,(H,27,30). The summed E-state index contributed by atoms with van der Waals surface area (Å²) in [4.78, 5) is 19.9. The highest BCUT2D eigenvalue weighted by Gasteiger charge is 2.50. The van der Waals surface area contributed by atoms with Crippen molar-refractivity contribution in [3.8, 4) is 0 Å². The first-order valence-electron chi connectivity index (χ1n) is 10.0. The predicted octanol–water partition coefficient (Wildman–Crippen LogP) is 4.40. The van der Waals surface area contributed by atoms with E-state index in [-0.39, 0.29) is 17.1 Å². The SMILES string of the molecule is CN(C)C1(c2ccccc2)CCC2(CC1)CN(c1ccc(C(F)(F)F)nc1)C(=O)N2. The minimum atomic E-state index is -4.50. The zero-order valence-corrected chi connectivity index (χ0v) is 17.0. The van der Waals surface area contributed by atoms with E-state index in [9.17, 15) is 18.0 Å². The molecule has 1 aliphatic heterocycles. The van der Waals surface area contributed by atoms with Crippen LogP contribution in [0.1, 0.15) is 36.9 Å². The van der Waals surface area contributed by atoms with Gasteiger partial charge in [-0.05, 0) is 57.5 Å². The maximum atomic E-state index is 12.8. The summed E-state index contributed by atoms with van der Waals surface area (Å²) in [5.74, 6) is 0. The van der Waals surface area contributed by atoms with Gasteiger partial charge in [0.05, 0.1) is 24.0 Å². The second-order valence-electron chi connectivity index (χ2n) is 8.49. The summed E-state index contributed by atoms with van der Waals surface area (Å²) >= 11 is 0. The molecule has 2 amide bonds. The number of nitrogens with zero attached hydrogens (tertiary/aromatic N) is 3. The van der Waals surface area contributed by atoms with Crippen molar-refractivity contribution in [2.24, 2.45) is 0 Å². The van der Waals surface area contributed by atoms with Crippen molar-refractivity contribution in [3.63, 3.8) is 0 Å². The number of halogens is 3. The van der Waals surface area contributed by atoms with Crippen molar-refractivity contribution in [2.45, 2.75) is 42.9 Å². The molecule has 8 heteroatoms. The lowest BCUT2D eigenvalue weighted by Gasteiger charge is -2.48.